The fourth-order valence-corrected chi connectivity index (χ4v) is 4.62. The van der Waals surface area contributed by atoms with Gasteiger partial charge in [0.2, 0.25) is 5.78 Å². The maximum atomic E-state index is 13.0. The molecule has 1 aromatic heterocycles. The van der Waals surface area contributed by atoms with Gasteiger partial charge in [0, 0.05) is 10.9 Å². The molecule has 4 aromatic rings. The molecule has 1 unspecified atom stereocenters. The lowest BCUT2D eigenvalue weighted by Crippen LogP contribution is -2.31. The van der Waals surface area contributed by atoms with Crippen molar-refractivity contribution >= 4 is 34.7 Å². The zero-order valence-corrected chi connectivity index (χ0v) is 22.2. The molecular formula is C34H30O5. The zero-order chi connectivity index (χ0) is 27.6. The molecule has 0 fully saturated rings. The van der Waals surface area contributed by atoms with Gasteiger partial charge in [-0.3, -0.25) is 9.59 Å². The summed E-state index contributed by atoms with van der Waals surface area (Å²) in [6, 6.07) is 19.5. The van der Waals surface area contributed by atoms with E-state index in [4.69, 9.17) is 9.15 Å². The van der Waals surface area contributed by atoms with Gasteiger partial charge in [0.25, 0.3) is 0 Å². The summed E-state index contributed by atoms with van der Waals surface area (Å²) < 4.78 is 12.0. The Labute approximate surface area is 227 Å². The maximum absolute atomic E-state index is 13.0. The van der Waals surface area contributed by atoms with E-state index >= 15 is 0 Å². The van der Waals surface area contributed by atoms with E-state index in [-0.39, 0.29) is 28.6 Å². The van der Waals surface area contributed by atoms with Crippen molar-refractivity contribution < 1.29 is 23.8 Å². The summed E-state index contributed by atoms with van der Waals surface area (Å²) in [5, 5.41) is 11.7. The highest BCUT2D eigenvalue weighted by Crippen LogP contribution is 2.40. The van der Waals surface area contributed by atoms with Gasteiger partial charge in [-0.2, -0.15) is 0 Å². The summed E-state index contributed by atoms with van der Waals surface area (Å²) in [6.45, 7) is 6.15. The Hall–Kier alpha value is -4.64. The predicted octanol–water partition coefficient (Wildman–Crippen LogP) is 8.18. The lowest BCUT2D eigenvalue weighted by Gasteiger charge is -2.32. The molecule has 0 amide bonds. The van der Waals surface area contributed by atoms with E-state index < -0.39 is 5.60 Å². The Morgan fingerprint density at radius 1 is 1.00 bits per heavy atom. The molecule has 196 valence electrons. The van der Waals surface area contributed by atoms with Crippen LogP contribution >= 0.6 is 0 Å². The zero-order valence-electron chi connectivity index (χ0n) is 22.2. The number of allylic oxidation sites excluding steroid dienone is 3. The number of carbonyl (C=O) groups excluding carboxylic acids is 2. The van der Waals surface area contributed by atoms with Crippen molar-refractivity contribution in [2.75, 3.05) is 0 Å². The number of phenols is 1. The number of benzene rings is 3. The highest BCUT2D eigenvalue weighted by Gasteiger charge is 2.29. The molecular weight excluding hydrogens is 488 g/mol. The minimum Gasteiger partial charge on any atom is -0.506 e. The van der Waals surface area contributed by atoms with Crippen LogP contribution in [0, 0.1) is 0 Å². The van der Waals surface area contributed by atoms with E-state index in [1.807, 2.05) is 49.4 Å². The predicted molar refractivity (Wildman–Crippen MR) is 154 cm³/mol. The normalized spacial score (nSPS) is 16.2. The first-order chi connectivity index (χ1) is 18.7. The first-order valence-corrected chi connectivity index (χ1v) is 13.0. The SMILES string of the molecule is CC(C)=CCCC1(C)C=Cc2c(ccc(C(=O)/C=C/c3ccc4cc(C(=O)c5ccccc5)oc4c3)c2O)O1. The summed E-state index contributed by atoms with van der Waals surface area (Å²) >= 11 is 0. The fourth-order valence-electron chi connectivity index (χ4n) is 4.62. The molecule has 0 spiro atoms. The summed E-state index contributed by atoms with van der Waals surface area (Å²) in [7, 11) is 0. The van der Waals surface area contributed by atoms with E-state index in [1.54, 1.807) is 42.5 Å². The molecule has 2 heterocycles. The summed E-state index contributed by atoms with van der Waals surface area (Å²) in [6.07, 6.45) is 10.7. The Morgan fingerprint density at radius 3 is 2.56 bits per heavy atom. The number of ketones is 2. The molecule has 39 heavy (non-hydrogen) atoms. The third kappa shape index (κ3) is 5.63. The lowest BCUT2D eigenvalue weighted by atomic mass is 9.93. The molecule has 5 nitrogen and oxygen atoms in total. The molecule has 0 aliphatic carbocycles. The number of aromatic hydroxyl groups is 1. The third-order valence-corrected chi connectivity index (χ3v) is 6.81. The number of phenolic OH excluding ortho intramolecular Hbond substituents is 1. The van der Waals surface area contributed by atoms with Gasteiger partial charge in [-0.1, -0.05) is 60.2 Å². The Morgan fingerprint density at radius 2 is 1.79 bits per heavy atom. The monoisotopic (exact) mass is 518 g/mol. The van der Waals surface area contributed by atoms with E-state index in [2.05, 4.69) is 19.9 Å². The van der Waals surface area contributed by atoms with Crippen molar-refractivity contribution in [1.29, 1.82) is 0 Å². The highest BCUT2D eigenvalue weighted by atomic mass is 16.5. The molecule has 1 aliphatic heterocycles. The molecule has 1 atom stereocenters. The summed E-state index contributed by atoms with van der Waals surface area (Å²) in [4.78, 5) is 25.7. The molecule has 0 saturated heterocycles. The van der Waals surface area contributed by atoms with Gasteiger partial charge in [0.1, 0.15) is 22.7 Å². The van der Waals surface area contributed by atoms with Crippen molar-refractivity contribution in [3.63, 3.8) is 0 Å². The molecule has 5 heteroatoms. The molecule has 3 aromatic carbocycles. The van der Waals surface area contributed by atoms with Crippen LogP contribution in [0.1, 0.15) is 71.2 Å². The first-order valence-electron chi connectivity index (χ1n) is 13.0. The van der Waals surface area contributed by atoms with E-state index in [0.717, 1.165) is 23.8 Å². The summed E-state index contributed by atoms with van der Waals surface area (Å²) in [5.74, 6) is 0.193. The van der Waals surface area contributed by atoms with Crippen molar-refractivity contribution in [2.24, 2.45) is 0 Å². The van der Waals surface area contributed by atoms with Gasteiger partial charge in [-0.05, 0) is 81.7 Å². The second kappa shape index (κ2) is 10.6. The molecule has 1 N–H and O–H groups in total. The van der Waals surface area contributed by atoms with Gasteiger partial charge in [-0.25, -0.2) is 0 Å². The van der Waals surface area contributed by atoms with Crippen LogP contribution in [-0.2, 0) is 0 Å². The average Bonchev–Trinajstić information content (AvgIpc) is 3.35. The molecule has 1 aliphatic rings. The minimum absolute atomic E-state index is 0.102. The van der Waals surface area contributed by atoms with Gasteiger partial charge < -0.3 is 14.3 Å². The molecule has 0 saturated carbocycles. The number of hydrogen-bond acceptors (Lipinski definition) is 5. The van der Waals surface area contributed by atoms with Gasteiger partial charge in [-0.15, -0.1) is 0 Å². The molecule has 0 radical (unpaired) electrons. The second-order valence-corrected chi connectivity index (χ2v) is 10.2. The molecule has 0 bridgehead atoms. The number of rotatable bonds is 8. The summed E-state index contributed by atoms with van der Waals surface area (Å²) in [5.41, 5.74) is 3.32. The van der Waals surface area contributed by atoms with Crippen molar-refractivity contribution in [3.8, 4) is 11.5 Å². The Balaban J connectivity index is 1.32. The van der Waals surface area contributed by atoms with Crippen LogP contribution in [0.25, 0.3) is 23.1 Å². The average molecular weight is 519 g/mol. The van der Waals surface area contributed by atoms with Crippen LogP contribution in [0.4, 0.5) is 0 Å². The smallest absolute Gasteiger partial charge is 0.228 e. The van der Waals surface area contributed by atoms with Crippen molar-refractivity contribution in [1.82, 2.24) is 0 Å². The van der Waals surface area contributed by atoms with Gasteiger partial charge in [0.05, 0.1) is 11.1 Å². The number of fused-ring (bicyclic) bond motifs is 2. The Kier molecular flexibility index (Phi) is 7.07. The van der Waals surface area contributed by atoms with Gasteiger partial charge in [0.15, 0.2) is 11.5 Å². The highest BCUT2D eigenvalue weighted by molar-refractivity contribution is 6.10. The standard InChI is InChI=1S/C34H30O5/c1-22(2)8-7-18-34(3)19-17-27-29(39-34)16-14-26(33(27)37)28(35)15-12-23-11-13-25-21-31(38-30(25)20-23)32(36)24-9-5-4-6-10-24/h4-6,8-17,19-21,37H,7,18H2,1-3H3/b15-12+. The number of carbonyl (C=O) groups is 2. The van der Waals surface area contributed by atoms with Crippen LogP contribution in [0.5, 0.6) is 11.5 Å². The van der Waals surface area contributed by atoms with E-state index in [9.17, 15) is 14.7 Å². The Bertz CT molecular complexity index is 1650. The van der Waals surface area contributed by atoms with Crippen molar-refractivity contribution in [2.45, 2.75) is 39.2 Å². The van der Waals surface area contributed by atoms with Crippen molar-refractivity contribution in [3.05, 3.63) is 119 Å². The maximum Gasteiger partial charge on any atom is 0.228 e. The van der Waals surface area contributed by atoms with E-state index in [0.29, 0.717) is 22.5 Å². The molecule has 5 rings (SSSR count). The van der Waals surface area contributed by atoms with Crippen LogP contribution in [0.3, 0.4) is 0 Å². The first kappa shape index (κ1) is 26.0. The van der Waals surface area contributed by atoms with Gasteiger partial charge >= 0.3 is 0 Å². The topological polar surface area (TPSA) is 76.7 Å². The number of hydrogen-bond donors (Lipinski definition) is 1. The fraction of sp³-hybridized carbons (Fsp3) is 0.176. The number of furan rings is 1. The number of ether oxygens (including phenoxy) is 1. The lowest BCUT2D eigenvalue weighted by molar-refractivity contribution is 0.101. The van der Waals surface area contributed by atoms with Crippen LogP contribution in [0.2, 0.25) is 0 Å². The largest absolute Gasteiger partial charge is 0.506 e. The minimum atomic E-state index is -0.479. The quantitative estimate of drug-likeness (QED) is 0.145. The second-order valence-electron chi connectivity index (χ2n) is 10.2. The van der Waals surface area contributed by atoms with Crippen LogP contribution in [0.15, 0.2) is 94.9 Å². The van der Waals surface area contributed by atoms with E-state index in [1.165, 1.54) is 11.6 Å². The third-order valence-electron chi connectivity index (χ3n) is 6.81. The van der Waals surface area contributed by atoms with Crippen LogP contribution < -0.4 is 4.74 Å². The van der Waals surface area contributed by atoms with Crippen LogP contribution in [-0.4, -0.2) is 22.3 Å².